The molecule has 3 rings (SSSR count). The Morgan fingerprint density at radius 3 is 0.786 bits per heavy atom. The smallest absolute Gasteiger partial charge is 0.302 e. The summed E-state index contributed by atoms with van der Waals surface area (Å²) in [6.45, 7) is 11.5. The summed E-state index contributed by atoms with van der Waals surface area (Å²) >= 11 is 0. The molecule has 0 fully saturated rings. The number of esters is 1. The first-order chi connectivity index (χ1) is 27.7. The normalized spacial score (nSPS) is 11.6. The maximum Gasteiger partial charge on any atom is 0.302 e. The maximum absolute atomic E-state index is 10.6. The zero-order valence-electron chi connectivity index (χ0n) is 33.0. The third kappa shape index (κ3) is 21.3. The molecule has 0 radical (unpaired) electrons. The molecule has 0 atom stereocenters. The van der Waals surface area contributed by atoms with Gasteiger partial charge in [-0.15, -0.1) is 0 Å². The molecule has 0 aliphatic rings. The molecule has 0 saturated carbocycles. The number of hydrogen-bond acceptors (Lipinski definition) is 13. The van der Waals surface area contributed by atoms with Crippen LogP contribution >= 0.6 is 0 Å². The van der Waals surface area contributed by atoms with Gasteiger partial charge in [0, 0.05) is 6.92 Å². The van der Waals surface area contributed by atoms with Crippen LogP contribution in [0.5, 0.6) is 0 Å². The second-order valence-corrected chi connectivity index (χ2v) is 12.1. The van der Waals surface area contributed by atoms with E-state index in [1.54, 1.807) is 0 Å². The van der Waals surface area contributed by atoms with Crippen LogP contribution in [0, 0.1) is 0 Å². The monoisotopic (exact) mass is 786 g/mol. The highest BCUT2D eigenvalue weighted by atomic mass is 16.6. The van der Waals surface area contributed by atoms with Gasteiger partial charge in [0.25, 0.3) is 0 Å². The number of carbonyl (C=O) groups excluding carboxylic acids is 1. The number of benzene rings is 3. The molecule has 0 spiro atoms. The molecule has 13 nitrogen and oxygen atoms in total. The van der Waals surface area contributed by atoms with Crippen LogP contribution < -0.4 is 0 Å². The lowest BCUT2D eigenvalue weighted by Gasteiger charge is -2.36. The molecule has 312 valence electrons. The molecular weight excluding hydrogens is 724 g/mol. The SMILES string of the molecule is CC(=O)OCCOCCOCCOCCOCCOCCOCCOCCOCCOCCOCCOC(c1ccccc1)(c1ccccc1)c1ccccc1. The number of ether oxygens (including phenoxy) is 12. The van der Waals surface area contributed by atoms with E-state index < -0.39 is 5.60 Å². The lowest BCUT2D eigenvalue weighted by Crippen LogP contribution is -2.34. The molecule has 56 heavy (non-hydrogen) atoms. The van der Waals surface area contributed by atoms with Crippen LogP contribution in [-0.2, 0) is 67.2 Å². The van der Waals surface area contributed by atoms with Crippen molar-refractivity contribution in [2.45, 2.75) is 12.5 Å². The Balaban J connectivity index is 1.05. The molecule has 0 amide bonds. The predicted molar refractivity (Wildman–Crippen MR) is 210 cm³/mol. The topological polar surface area (TPSA) is 128 Å². The van der Waals surface area contributed by atoms with Crippen LogP contribution in [0.4, 0.5) is 0 Å². The first-order valence-corrected chi connectivity index (χ1v) is 19.4. The summed E-state index contributed by atoms with van der Waals surface area (Å²) in [6.07, 6.45) is 0. The fourth-order valence-electron chi connectivity index (χ4n) is 5.35. The van der Waals surface area contributed by atoms with Gasteiger partial charge < -0.3 is 56.8 Å². The first kappa shape index (κ1) is 47.1. The van der Waals surface area contributed by atoms with E-state index in [2.05, 4.69) is 36.4 Å². The molecule has 0 aromatic heterocycles. The zero-order valence-corrected chi connectivity index (χ0v) is 33.0. The average molecular weight is 787 g/mol. The molecular formula is C43H62O13. The standard InChI is InChI=1S/C43H62O13/c1-39(44)55-37-35-53-33-31-51-29-27-49-25-23-47-21-19-45-17-18-46-20-22-48-24-26-50-28-30-52-32-34-54-36-38-56-43(40-11-5-2-6-12-40,41-13-7-3-8-14-41)42-15-9-4-10-16-42/h2-16H,17-38H2,1H3. The molecule has 0 unspecified atom stereocenters. The fraction of sp³-hybridized carbons (Fsp3) is 0.558. The number of rotatable bonds is 37. The van der Waals surface area contributed by atoms with Crippen LogP contribution in [0.1, 0.15) is 23.6 Å². The first-order valence-electron chi connectivity index (χ1n) is 19.4. The minimum Gasteiger partial charge on any atom is -0.463 e. The largest absolute Gasteiger partial charge is 0.463 e. The second kappa shape index (κ2) is 32.7. The summed E-state index contributed by atoms with van der Waals surface area (Å²) in [5.74, 6) is -0.313. The molecule has 0 aliphatic heterocycles. The molecule has 0 aliphatic carbocycles. The molecule has 13 heteroatoms. The van der Waals surface area contributed by atoms with E-state index in [9.17, 15) is 4.79 Å². The second-order valence-electron chi connectivity index (χ2n) is 12.1. The van der Waals surface area contributed by atoms with Crippen LogP contribution in [0.2, 0.25) is 0 Å². The van der Waals surface area contributed by atoms with E-state index >= 15 is 0 Å². The molecule has 3 aromatic carbocycles. The van der Waals surface area contributed by atoms with Crippen LogP contribution in [-0.4, -0.2) is 151 Å². The Bertz CT molecular complexity index is 1220. The summed E-state index contributed by atoms with van der Waals surface area (Å²) in [7, 11) is 0. The summed E-state index contributed by atoms with van der Waals surface area (Å²) < 4.78 is 66.7. The van der Waals surface area contributed by atoms with Gasteiger partial charge in [-0.05, 0) is 16.7 Å². The van der Waals surface area contributed by atoms with Gasteiger partial charge in [0.1, 0.15) is 12.2 Å². The van der Waals surface area contributed by atoms with Crippen LogP contribution in [0.3, 0.4) is 0 Å². The van der Waals surface area contributed by atoms with Gasteiger partial charge in [-0.25, -0.2) is 0 Å². The van der Waals surface area contributed by atoms with E-state index in [1.165, 1.54) is 6.92 Å². The van der Waals surface area contributed by atoms with Crippen molar-refractivity contribution in [1.29, 1.82) is 0 Å². The summed E-state index contributed by atoms with van der Waals surface area (Å²) in [4.78, 5) is 10.6. The van der Waals surface area contributed by atoms with Crippen LogP contribution in [0.25, 0.3) is 0 Å². The van der Waals surface area contributed by atoms with Crippen molar-refractivity contribution in [2.75, 3.05) is 145 Å². The molecule has 0 saturated heterocycles. The Labute approximate surface area is 332 Å². The van der Waals surface area contributed by atoms with E-state index in [1.807, 2.05) is 54.6 Å². The van der Waals surface area contributed by atoms with Gasteiger partial charge in [0.2, 0.25) is 0 Å². The minimum absolute atomic E-state index is 0.255. The van der Waals surface area contributed by atoms with Crippen molar-refractivity contribution < 1.29 is 61.6 Å². The molecule has 0 bridgehead atoms. The minimum atomic E-state index is -0.756. The Morgan fingerprint density at radius 2 is 0.554 bits per heavy atom. The van der Waals surface area contributed by atoms with E-state index in [-0.39, 0.29) is 12.6 Å². The lowest BCUT2D eigenvalue weighted by molar-refractivity contribution is -0.142. The van der Waals surface area contributed by atoms with Crippen molar-refractivity contribution in [2.24, 2.45) is 0 Å². The average Bonchev–Trinajstić information content (AvgIpc) is 3.23. The molecule has 0 N–H and O–H groups in total. The highest BCUT2D eigenvalue weighted by molar-refractivity contribution is 5.65. The highest BCUT2D eigenvalue weighted by Gasteiger charge is 2.37. The third-order valence-corrected chi connectivity index (χ3v) is 7.97. The quantitative estimate of drug-likeness (QED) is 0.0455. The van der Waals surface area contributed by atoms with Crippen molar-refractivity contribution in [1.82, 2.24) is 0 Å². The Hall–Kier alpha value is -3.31. The van der Waals surface area contributed by atoms with Crippen LogP contribution in [0.15, 0.2) is 91.0 Å². The van der Waals surface area contributed by atoms with Crippen molar-refractivity contribution in [3.63, 3.8) is 0 Å². The van der Waals surface area contributed by atoms with Gasteiger partial charge in [-0.2, -0.15) is 0 Å². The van der Waals surface area contributed by atoms with Crippen molar-refractivity contribution in [3.8, 4) is 0 Å². The third-order valence-electron chi connectivity index (χ3n) is 7.97. The van der Waals surface area contributed by atoms with Gasteiger partial charge in [-0.1, -0.05) is 91.0 Å². The summed E-state index contributed by atoms with van der Waals surface area (Å²) in [6, 6.07) is 30.9. The lowest BCUT2D eigenvalue weighted by atomic mass is 9.80. The maximum atomic E-state index is 10.6. The zero-order chi connectivity index (χ0) is 39.5. The Kier molecular flexibility index (Phi) is 27.5. The van der Waals surface area contributed by atoms with Gasteiger partial charge in [0.05, 0.1) is 139 Å². The fourth-order valence-corrected chi connectivity index (χ4v) is 5.35. The van der Waals surface area contributed by atoms with Crippen molar-refractivity contribution in [3.05, 3.63) is 108 Å². The summed E-state index contributed by atoms with van der Waals surface area (Å²) in [5.41, 5.74) is 2.44. The van der Waals surface area contributed by atoms with E-state index in [4.69, 9.17) is 56.8 Å². The highest BCUT2D eigenvalue weighted by Crippen LogP contribution is 2.40. The number of carbonyl (C=O) groups is 1. The molecule has 0 heterocycles. The van der Waals surface area contributed by atoms with Crippen molar-refractivity contribution >= 4 is 5.97 Å². The predicted octanol–water partition coefficient (Wildman–Crippen LogP) is 4.72. The van der Waals surface area contributed by atoms with E-state index in [0.717, 1.165) is 16.7 Å². The van der Waals surface area contributed by atoms with Gasteiger partial charge in [-0.3, -0.25) is 4.79 Å². The van der Waals surface area contributed by atoms with Gasteiger partial charge >= 0.3 is 5.97 Å². The number of hydrogen-bond donors (Lipinski definition) is 0. The Morgan fingerprint density at radius 1 is 0.339 bits per heavy atom. The van der Waals surface area contributed by atoms with Gasteiger partial charge in [0.15, 0.2) is 0 Å². The molecule has 3 aromatic rings. The van der Waals surface area contributed by atoms with E-state index in [0.29, 0.717) is 139 Å². The summed E-state index contributed by atoms with van der Waals surface area (Å²) in [5, 5.41) is 0.